The molecule has 0 aliphatic carbocycles. The van der Waals surface area contributed by atoms with Crippen molar-refractivity contribution in [3.63, 3.8) is 0 Å². The lowest BCUT2D eigenvalue weighted by Gasteiger charge is -2.17. The van der Waals surface area contributed by atoms with Gasteiger partial charge in [0.15, 0.2) is 0 Å². The van der Waals surface area contributed by atoms with Crippen LogP contribution in [0.3, 0.4) is 0 Å². The standard InChI is InChI=1S/C14H22N2O3S/c1-3-19-13-4-6-14(7-5-13)20(17,18)16-9-8-12(11-16)10-15-2/h4-7,12,15H,3,8-11H2,1-2H3. The third-order valence-electron chi connectivity index (χ3n) is 3.51. The molecule has 0 aromatic heterocycles. The quantitative estimate of drug-likeness (QED) is 0.860. The van der Waals surface area contributed by atoms with Gasteiger partial charge in [-0.25, -0.2) is 8.42 Å². The average molecular weight is 298 g/mol. The maximum Gasteiger partial charge on any atom is 0.243 e. The molecular weight excluding hydrogens is 276 g/mol. The van der Waals surface area contributed by atoms with Crippen LogP contribution in [0.2, 0.25) is 0 Å². The fraction of sp³-hybridized carbons (Fsp3) is 0.571. The highest BCUT2D eigenvalue weighted by atomic mass is 32.2. The van der Waals surface area contributed by atoms with E-state index in [-0.39, 0.29) is 0 Å². The van der Waals surface area contributed by atoms with Crippen LogP contribution in [0.15, 0.2) is 29.2 Å². The normalized spacial score (nSPS) is 20.2. The molecule has 1 unspecified atom stereocenters. The van der Waals surface area contributed by atoms with Gasteiger partial charge >= 0.3 is 0 Å². The van der Waals surface area contributed by atoms with E-state index in [1.807, 2.05) is 14.0 Å². The fourth-order valence-electron chi connectivity index (χ4n) is 2.49. The lowest BCUT2D eigenvalue weighted by Crippen LogP contribution is -2.30. The summed E-state index contributed by atoms with van der Waals surface area (Å²) in [6, 6.07) is 6.65. The summed E-state index contributed by atoms with van der Waals surface area (Å²) in [6.07, 6.45) is 0.914. The topological polar surface area (TPSA) is 58.6 Å². The van der Waals surface area contributed by atoms with Crippen LogP contribution in [0.1, 0.15) is 13.3 Å². The van der Waals surface area contributed by atoms with Crippen LogP contribution < -0.4 is 10.1 Å². The van der Waals surface area contributed by atoms with Gasteiger partial charge in [0, 0.05) is 13.1 Å². The van der Waals surface area contributed by atoms with Gasteiger partial charge in [-0.2, -0.15) is 4.31 Å². The van der Waals surface area contributed by atoms with E-state index in [1.54, 1.807) is 28.6 Å². The minimum Gasteiger partial charge on any atom is -0.494 e. The van der Waals surface area contributed by atoms with Crippen molar-refractivity contribution in [2.45, 2.75) is 18.2 Å². The van der Waals surface area contributed by atoms with E-state index in [9.17, 15) is 8.42 Å². The molecule has 0 bridgehead atoms. The van der Waals surface area contributed by atoms with Gasteiger partial charge in [0.05, 0.1) is 11.5 Å². The van der Waals surface area contributed by atoms with Crippen LogP contribution in [0.4, 0.5) is 0 Å². The number of nitrogens with zero attached hydrogens (tertiary/aromatic N) is 1. The van der Waals surface area contributed by atoms with Crippen LogP contribution >= 0.6 is 0 Å². The van der Waals surface area contributed by atoms with Crippen molar-refractivity contribution < 1.29 is 13.2 Å². The summed E-state index contributed by atoms with van der Waals surface area (Å²) in [4.78, 5) is 0.339. The predicted molar refractivity (Wildman–Crippen MR) is 78.4 cm³/mol. The SMILES string of the molecule is CCOc1ccc(S(=O)(=O)N2CCC(CNC)C2)cc1. The predicted octanol–water partition coefficient (Wildman–Crippen LogP) is 1.32. The first-order valence-electron chi connectivity index (χ1n) is 6.95. The van der Waals surface area contributed by atoms with Gasteiger partial charge in [-0.05, 0) is 57.1 Å². The van der Waals surface area contributed by atoms with E-state index in [4.69, 9.17) is 4.74 Å². The Balaban J connectivity index is 2.10. The number of ether oxygens (including phenoxy) is 1. The third-order valence-corrected chi connectivity index (χ3v) is 5.39. The van der Waals surface area contributed by atoms with Gasteiger partial charge in [0.2, 0.25) is 10.0 Å². The van der Waals surface area contributed by atoms with Gasteiger partial charge in [-0.3, -0.25) is 0 Å². The largest absolute Gasteiger partial charge is 0.494 e. The van der Waals surface area contributed by atoms with Crippen LogP contribution in [-0.2, 0) is 10.0 Å². The minimum atomic E-state index is -3.37. The molecule has 2 rings (SSSR count). The molecule has 1 aliphatic heterocycles. The van der Waals surface area contributed by atoms with E-state index >= 15 is 0 Å². The average Bonchev–Trinajstić information content (AvgIpc) is 2.90. The first-order valence-corrected chi connectivity index (χ1v) is 8.39. The summed E-state index contributed by atoms with van der Waals surface area (Å²) in [5.74, 6) is 1.10. The van der Waals surface area contributed by atoms with Crippen molar-refractivity contribution in [1.29, 1.82) is 0 Å². The molecule has 1 fully saturated rings. The Morgan fingerprint density at radius 1 is 1.35 bits per heavy atom. The number of sulfonamides is 1. The molecule has 0 radical (unpaired) electrons. The molecule has 1 saturated heterocycles. The first kappa shape index (κ1) is 15.3. The molecule has 6 heteroatoms. The number of hydrogen-bond donors (Lipinski definition) is 1. The maximum absolute atomic E-state index is 12.5. The molecule has 1 aromatic carbocycles. The summed E-state index contributed by atoms with van der Waals surface area (Å²) >= 11 is 0. The second kappa shape index (κ2) is 6.56. The van der Waals surface area contributed by atoms with Gasteiger partial charge < -0.3 is 10.1 Å². The van der Waals surface area contributed by atoms with Gasteiger partial charge in [-0.15, -0.1) is 0 Å². The molecule has 1 N–H and O–H groups in total. The Hall–Kier alpha value is -1.11. The van der Waals surface area contributed by atoms with E-state index in [1.165, 1.54) is 0 Å². The Morgan fingerprint density at radius 2 is 2.05 bits per heavy atom. The lowest BCUT2D eigenvalue weighted by atomic mass is 10.1. The minimum absolute atomic E-state index is 0.339. The summed E-state index contributed by atoms with van der Waals surface area (Å²) in [5, 5.41) is 3.10. The van der Waals surface area contributed by atoms with Gasteiger partial charge in [-0.1, -0.05) is 0 Å². The number of benzene rings is 1. The monoisotopic (exact) mass is 298 g/mol. The van der Waals surface area contributed by atoms with Crippen molar-refractivity contribution in [1.82, 2.24) is 9.62 Å². The zero-order valence-electron chi connectivity index (χ0n) is 12.0. The zero-order valence-corrected chi connectivity index (χ0v) is 12.8. The molecule has 5 nitrogen and oxygen atoms in total. The molecule has 1 aliphatic rings. The molecule has 1 aromatic rings. The van der Waals surface area contributed by atoms with Crippen molar-refractivity contribution >= 4 is 10.0 Å². The smallest absolute Gasteiger partial charge is 0.243 e. The molecule has 1 heterocycles. The highest BCUT2D eigenvalue weighted by Gasteiger charge is 2.32. The van der Waals surface area contributed by atoms with E-state index in [2.05, 4.69) is 5.32 Å². The lowest BCUT2D eigenvalue weighted by molar-refractivity contribution is 0.340. The Kier molecular flexibility index (Phi) is 5.01. The van der Waals surface area contributed by atoms with Crippen LogP contribution in [0.25, 0.3) is 0 Å². The second-order valence-corrected chi connectivity index (χ2v) is 6.92. The number of rotatable bonds is 6. The maximum atomic E-state index is 12.5. The highest BCUT2D eigenvalue weighted by Crippen LogP contribution is 2.25. The number of hydrogen-bond acceptors (Lipinski definition) is 4. The molecule has 0 amide bonds. The number of nitrogens with one attached hydrogen (secondary N) is 1. The highest BCUT2D eigenvalue weighted by molar-refractivity contribution is 7.89. The Labute approximate surface area is 121 Å². The molecule has 112 valence electrons. The van der Waals surface area contributed by atoms with Gasteiger partial charge in [0.25, 0.3) is 0 Å². The molecule has 1 atom stereocenters. The van der Waals surface area contributed by atoms with E-state index in [0.717, 1.165) is 13.0 Å². The Morgan fingerprint density at radius 3 is 2.65 bits per heavy atom. The van der Waals surface area contributed by atoms with E-state index < -0.39 is 10.0 Å². The summed E-state index contributed by atoms with van der Waals surface area (Å²) in [6.45, 7) is 4.52. The Bertz CT molecular complexity index is 528. The summed E-state index contributed by atoms with van der Waals surface area (Å²) in [5.41, 5.74) is 0. The van der Waals surface area contributed by atoms with Crippen LogP contribution in [0.5, 0.6) is 5.75 Å². The zero-order chi connectivity index (χ0) is 14.6. The first-order chi connectivity index (χ1) is 9.57. The van der Waals surface area contributed by atoms with Crippen molar-refractivity contribution in [2.24, 2.45) is 5.92 Å². The van der Waals surface area contributed by atoms with Crippen LogP contribution in [-0.4, -0.2) is 46.0 Å². The summed E-state index contributed by atoms with van der Waals surface area (Å²) < 4.78 is 31.9. The van der Waals surface area contributed by atoms with Crippen molar-refractivity contribution in [3.05, 3.63) is 24.3 Å². The molecule has 0 spiro atoms. The molecule has 20 heavy (non-hydrogen) atoms. The third kappa shape index (κ3) is 3.31. The molecule has 0 saturated carbocycles. The van der Waals surface area contributed by atoms with Gasteiger partial charge in [0.1, 0.15) is 5.75 Å². The fourth-order valence-corrected chi connectivity index (χ4v) is 4.03. The van der Waals surface area contributed by atoms with Crippen LogP contribution in [0, 0.1) is 5.92 Å². The van der Waals surface area contributed by atoms with E-state index in [0.29, 0.717) is 36.3 Å². The summed E-state index contributed by atoms with van der Waals surface area (Å²) in [7, 11) is -1.48. The van der Waals surface area contributed by atoms with Crippen molar-refractivity contribution in [2.75, 3.05) is 33.3 Å². The second-order valence-electron chi connectivity index (χ2n) is 4.98. The molecular formula is C14H22N2O3S. The van der Waals surface area contributed by atoms with Crippen molar-refractivity contribution in [3.8, 4) is 5.75 Å².